The van der Waals surface area contributed by atoms with Crippen molar-refractivity contribution < 1.29 is 19.8 Å². The van der Waals surface area contributed by atoms with Crippen molar-refractivity contribution in [1.82, 2.24) is 0 Å². The molecule has 0 unspecified atom stereocenters. The minimum Gasteiger partial charge on any atom is -0.478 e. The molecule has 0 spiro atoms. The first-order chi connectivity index (χ1) is 8.59. The molecule has 0 saturated heterocycles. The third-order valence-electron chi connectivity index (χ3n) is 3.44. The zero-order valence-electron chi connectivity index (χ0n) is 9.43. The fraction of sp³-hybridized carbons (Fsp3) is 0.143. The van der Waals surface area contributed by atoms with E-state index in [9.17, 15) is 19.8 Å². The van der Waals surface area contributed by atoms with E-state index in [1.165, 1.54) is 6.07 Å². The molecule has 18 heavy (non-hydrogen) atoms. The van der Waals surface area contributed by atoms with Gasteiger partial charge >= 0.3 is 11.9 Å². The van der Waals surface area contributed by atoms with Crippen LogP contribution in [0.3, 0.4) is 0 Å². The van der Waals surface area contributed by atoms with Crippen LogP contribution < -0.4 is 0 Å². The lowest BCUT2D eigenvalue weighted by Gasteiger charge is -2.08. The highest BCUT2D eigenvalue weighted by Gasteiger charge is 2.26. The van der Waals surface area contributed by atoms with E-state index in [2.05, 4.69) is 0 Å². The van der Waals surface area contributed by atoms with Crippen LogP contribution in [0.1, 0.15) is 31.8 Å². The standard InChI is InChI=1S/C14H10O4/c15-13(16)10-3-1-2-7-6-8-4-5-9(11(7)10)12(8)14(17)18/h1-3,6H,4-5H2,(H,15,16)(H,17,18). The number of hydrogen-bond donors (Lipinski definition) is 2. The van der Waals surface area contributed by atoms with Gasteiger partial charge in [0, 0.05) is 5.39 Å². The van der Waals surface area contributed by atoms with Crippen LogP contribution in [0.25, 0.3) is 10.8 Å². The van der Waals surface area contributed by atoms with E-state index in [4.69, 9.17) is 0 Å². The Bertz CT molecular complexity index is 700. The van der Waals surface area contributed by atoms with Gasteiger partial charge < -0.3 is 10.2 Å². The summed E-state index contributed by atoms with van der Waals surface area (Å²) in [6.45, 7) is 0. The number of benzene rings is 2. The summed E-state index contributed by atoms with van der Waals surface area (Å²) in [5.74, 6) is -1.99. The summed E-state index contributed by atoms with van der Waals surface area (Å²) in [5.41, 5.74) is 1.93. The lowest BCUT2D eigenvalue weighted by molar-refractivity contribution is 0.0684. The van der Waals surface area contributed by atoms with Gasteiger partial charge in [0.15, 0.2) is 0 Å². The Morgan fingerprint density at radius 2 is 1.83 bits per heavy atom. The number of aromatic carboxylic acids is 2. The SMILES string of the molecule is O=C(O)c1c2cc3cccc(C(=O)O)c3c1CC2. The van der Waals surface area contributed by atoms with Crippen LogP contribution >= 0.6 is 0 Å². The van der Waals surface area contributed by atoms with Crippen LogP contribution in [0.4, 0.5) is 0 Å². The fourth-order valence-electron chi connectivity index (χ4n) is 2.76. The highest BCUT2D eigenvalue weighted by atomic mass is 16.4. The first-order valence-corrected chi connectivity index (χ1v) is 5.63. The Hall–Kier alpha value is -2.36. The zero-order chi connectivity index (χ0) is 12.9. The monoisotopic (exact) mass is 242 g/mol. The molecule has 0 saturated carbocycles. The number of hydrogen-bond acceptors (Lipinski definition) is 2. The number of carboxylic acids is 2. The van der Waals surface area contributed by atoms with Gasteiger partial charge in [-0.15, -0.1) is 0 Å². The minimum absolute atomic E-state index is 0.179. The summed E-state index contributed by atoms with van der Waals surface area (Å²) in [4.78, 5) is 22.5. The van der Waals surface area contributed by atoms with E-state index in [1.54, 1.807) is 12.1 Å². The van der Waals surface area contributed by atoms with Gasteiger partial charge in [-0.3, -0.25) is 0 Å². The van der Waals surface area contributed by atoms with E-state index in [0.717, 1.165) is 10.9 Å². The summed E-state index contributed by atoms with van der Waals surface area (Å²) in [7, 11) is 0. The van der Waals surface area contributed by atoms with E-state index < -0.39 is 11.9 Å². The molecular formula is C14H10O4. The first kappa shape index (κ1) is 10.8. The third kappa shape index (κ3) is 1.32. The molecule has 0 fully saturated rings. The van der Waals surface area contributed by atoms with Crippen molar-refractivity contribution >= 4 is 22.7 Å². The summed E-state index contributed by atoms with van der Waals surface area (Å²) < 4.78 is 0. The van der Waals surface area contributed by atoms with Gasteiger partial charge in [0.25, 0.3) is 0 Å². The van der Waals surface area contributed by atoms with Crippen molar-refractivity contribution in [1.29, 1.82) is 0 Å². The van der Waals surface area contributed by atoms with Crippen molar-refractivity contribution in [2.45, 2.75) is 12.8 Å². The molecule has 2 N–H and O–H groups in total. The predicted molar refractivity (Wildman–Crippen MR) is 65.3 cm³/mol. The van der Waals surface area contributed by atoms with E-state index in [0.29, 0.717) is 23.8 Å². The second kappa shape index (κ2) is 3.57. The predicted octanol–water partition coefficient (Wildman–Crippen LogP) is 2.33. The Morgan fingerprint density at radius 3 is 2.50 bits per heavy atom. The molecule has 4 heteroatoms. The summed E-state index contributed by atoms with van der Waals surface area (Å²) in [5, 5.41) is 19.8. The number of rotatable bonds is 2. The van der Waals surface area contributed by atoms with Gasteiger partial charge in [0.2, 0.25) is 0 Å². The van der Waals surface area contributed by atoms with Gasteiger partial charge in [0.05, 0.1) is 11.1 Å². The molecule has 2 aromatic rings. The van der Waals surface area contributed by atoms with Gasteiger partial charge in [-0.2, -0.15) is 0 Å². The maximum absolute atomic E-state index is 11.3. The molecule has 2 bridgehead atoms. The quantitative estimate of drug-likeness (QED) is 0.847. The van der Waals surface area contributed by atoms with Gasteiger partial charge in [-0.05, 0) is 35.4 Å². The van der Waals surface area contributed by atoms with Crippen LogP contribution in [0, 0.1) is 0 Å². The molecule has 0 aromatic heterocycles. The lowest BCUT2D eigenvalue weighted by atomic mass is 9.96. The lowest BCUT2D eigenvalue weighted by Crippen LogP contribution is -2.04. The highest BCUT2D eigenvalue weighted by Crippen LogP contribution is 2.35. The largest absolute Gasteiger partial charge is 0.478 e. The van der Waals surface area contributed by atoms with Crippen molar-refractivity contribution in [2.75, 3.05) is 0 Å². The molecule has 4 nitrogen and oxygen atoms in total. The summed E-state index contributed by atoms with van der Waals surface area (Å²) >= 11 is 0. The molecule has 0 aliphatic heterocycles. The number of aryl methyl sites for hydroxylation is 2. The normalized spacial score (nSPS) is 12.9. The fourth-order valence-corrected chi connectivity index (χ4v) is 2.76. The summed E-state index contributed by atoms with van der Waals surface area (Å²) in [6, 6.07) is 6.82. The smallest absolute Gasteiger partial charge is 0.336 e. The minimum atomic E-state index is -1.02. The molecule has 0 radical (unpaired) electrons. The Kier molecular flexibility index (Phi) is 2.13. The van der Waals surface area contributed by atoms with Crippen LogP contribution in [0.5, 0.6) is 0 Å². The second-order valence-electron chi connectivity index (χ2n) is 4.40. The van der Waals surface area contributed by atoms with Crippen molar-refractivity contribution in [3.05, 3.63) is 46.5 Å². The molecule has 0 atom stereocenters. The maximum atomic E-state index is 11.3. The Balaban J connectivity index is 2.48. The molecule has 3 rings (SSSR count). The average molecular weight is 242 g/mol. The van der Waals surface area contributed by atoms with Gasteiger partial charge in [-0.25, -0.2) is 9.59 Å². The number of fused-ring (bicyclic) bond motifs is 4. The van der Waals surface area contributed by atoms with Crippen molar-refractivity contribution in [3.8, 4) is 0 Å². The highest BCUT2D eigenvalue weighted by molar-refractivity contribution is 6.09. The average Bonchev–Trinajstić information content (AvgIpc) is 2.64. The van der Waals surface area contributed by atoms with Gasteiger partial charge in [0.1, 0.15) is 0 Å². The zero-order valence-corrected chi connectivity index (χ0v) is 9.43. The Labute approximate surface area is 102 Å². The molecule has 0 heterocycles. The van der Waals surface area contributed by atoms with Crippen LogP contribution in [-0.2, 0) is 12.8 Å². The topological polar surface area (TPSA) is 74.6 Å². The first-order valence-electron chi connectivity index (χ1n) is 5.63. The molecule has 1 aliphatic rings. The summed E-state index contributed by atoms with van der Waals surface area (Å²) in [6.07, 6.45) is 1.27. The van der Waals surface area contributed by atoms with Gasteiger partial charge in [-0.1, -0.05) is 18.2 Å². The van der Waals surface area contributed by atoms with E-state index in [-0.39, 0.29) is 11.1 Å². The third-order valence-corrected chi connectivity index (χ3v) is 3.44. The van der Waals surface area contributed by atoms with Crippen molar-refractivity contribution in [2.24, 2.45) is 0 Å². The molecule has 1 aliphatic carbocycles. The second-order valence-corrected chi connectivity index (χ2v) is 4.40. The van der Waals surface area contributed by atoms with Crippen LogP contribution in [0.2, 0.25) is 0 Å². The molecular weight excluding hydrogens is 232 g/mol. The number of carbonyl (C=O) groups is 2. The molecule has 0 amide bonds. The van der Waals surface area contributed by atoms with Crippen molar-refractivity contribution in [3.63, 3.8) is 0 Å². The molecule has 90 valence electrons. The molecule has 2 aromatic carbocycles. The van der Waals surface area contributed by atoms with Crippen LogP contribution in [0.15, 0.2) is 24.3 Å². The van der Waals surface area contributed by atoms with E-state index in [1.807, 2.05) is 6.07 Å². The number of carboxylic acid groups (broad SMARTS) is 2. The van der Waals surface area contributed by atoms with Crippen LogP contribution in [-0.4, -0.2) is 22.2 Å². The maximum Gasteiger partial charge on any atom is 0.336 e. The van der Waals surface area contributed by atoms with E-state index >= 15 is 0 Å². The Morgan fingerprint density at radius 1 is 1.06 bits per heavy atom.